The van der Waals surface area contributed by atoms with E-state index in [1.165, 1.54) is 29.3 Å². The van der Waals surface area contributed by atoms with Crippen molar-refractivity contribution in [1.29, 1.82) is 0 Å². The summed E-state index contributed by atoms with van der Waals surface area (Å²) in [6, 6.07) is 5.17. The fourth-order valence-corrected chi connectivity index (χ4v) is 3.83. The predicted octanol–water partition coefficient (Wildman–Crippen LogP) is 2.52. The molecule has 2 aromatic rings. The first-order chi connectivity index (χ1) is 15.6. The molecule has 3 N–H and O–H groups in total. The number of carbonyl (C=O) groups excluding carboxylic acids is 3. The Morgan fingerprint density at radius 3 is 2.55 bits per heavy atom. The average Bonchev–Trinajstić information content (AvgIpc) is 3.18. The van der Waals surface area contributed by atoms with Gasteiger partial charge in [0.2, 0.25) is 11.8 Å². The first-order valence-corrected chi connectivity index (χ1v) is 11.0. The van der Waals surface area contributed by atoms with Gasteiger partial charge in [-0.1, -0.05) is 37.6 Å². The number of halogens is 2. The fraction of sp³-hybridized carbons (Fsp3) is 0.391. The van der Waals surface area contributed by atoms with Crippen molar-refractivity contribution in [2.75, 3.05) is 17.3 Å². The second-order valence-corrected chi connectivity index (χ2v) is 8.65. The minimum atomic E-state index is -0.988. The summed E-state index contributed by atoms with van der Waals surface area (Å²) >= 11 is 6.06. The molecule has 1 aromatic heterocycles. The Morgan fingerprint density at radius 1 is 1.18 bits per heavy atom. The Hall–Kier alpha value is -3.04. The van der Waals surface area contributed by atoms with Gasteiger partial charge in [0.05, 0.1) is 16.8 Å². The Labute approximate surface area is 196 Å². The highest BCUT2D eigenvalue weighted by atomic mass is 35.5. The molecule has 0 saturated heterocycles. The molecular formula is C23H27ClFN5O3. The topological polar surface area (TPSA) is 103 Å². The summed E-state index contributed by atoms with van der Waals surface area (Å²) in [4.78, 5) is 45.0. The number of benzene rings is 1. The molecule has 1 aliphatic rings. The molecule has 0 bridgehead atoms. The van der Waals surface area contributed by atoms with Crippen LogP contribution in [-0.4, -0.2) is 47.9 Å². The number of hydrogen-bond acceptors (Lipinski definition) is 5. The zero-order chi connectivity index (χ0) is 24.3. The van der Waals surface area contributed by atoms with Crippen molar-refractivity contribution >= 4 is 40.8 Å². The number of fused-ring (bicyclic) bond motifs is 1. The number of carbonyl (C=O) groups is 3. The molecule has 2 heterocycles. The largest absolute Gasteiger partial charge is 0.343 e. The first-order valence-electron chi connectivity index (χ1n) is 10.6. The lowest BCUT2D eigenvalue weighted by atomic mass is 10.0. The van der Waals surface area contributed by atoms with E-state index in [0.29, 0.717) is 11.4 Å². The van der Waals surface area contributed by atoms with Gasteiger partial charge in [0, 0.05) is 12.6 Å². The molecular weight excluding hydrogens is 449 g/mol. The van der Waals surface area contributed by atoms with Gasteiger partial charge in [-0.3, -0.25) is 19.3 Å². The maximum Gasteiger partial charge on any atom is 0.251 e. The number of anilines is 2. The van der Waals surface area contributed by atoms with Gasteiger partial charge < -0.3 is 16.0 Å². The lowest BCUT2D eigenvalue weighted by Gasteiger charge is -2.31. The summed E-state index contributed by atoms with van der Waals surface area (Å²) in [5, 5.41) is 8.16. The third-order valence-electron chi connectivity index (χ3n) is 5.63. The van der Waals surface area contributed by atoms with Crippen LogP contribution in [0.1, 0.15) is 26.3 Å². The van der Waals surface area contributed by atoms with Crippen molar-refractivity contribution in [3.05, 3.63) is 52.9 Å². The number of pyridine rings is 1. The van der Waals surface area contributed by atoms with Crippen LogP contribution in [0.3, 0.4) is 0 Å². The molecule has 33 heavy (non-hydrogen) atoms. The molecule has 1 aliphatic heterocycles. The van der Waals surface area contributed by atoms with Gasteiger partial charge in [-0.05, 0) is 43.7 Å². The van der Waals surface area contributed by atoms with E-state index >= 15 is 0 Å². The molecule has 10 heteroatoms. The average molecular weight is 476 g/mol. The molecule has 8 nitrogen and oxygen atoms in total. The quantitative estimate of drug-likeness (QED) is 0.571. The van der Waals surface area contributed by atoms with Gasteiger partial charge in [-0.2, -0.15) is 0 Å². The minimum absolute atomic E-state index is 0.0447. The molecule has 3 amide bonds. The number of amides is 3. The van der Waals surface area contributed by atoms with E-state index in [0.717, 1.165) is 0 Å². The summed E-state index contributed by atoms with van der Waals surface area (Å²) in [6.45, 7) is 5.28. The maximum absolute atomic E-state index is 14.3. The minimum Gasteiger partial charge on any atom is -0.343 e. The highest BCUT2D eigenvalue weighted by molar-refractivity contribution is 6.33. The van der Waals surface area contributed by atoms with E-state index < -0.39 is 35.8 Å². The van der Waals surface area contributed by atoms with Crippen LogP contribution in [0.2, 0.25) is 5.02 Å². The van der Waals surface area contributed by atoms with Crippen molar-refractivity contribution in [1.82, 2.24) is 15.6 Å². The Morgan fingerprint density at radius 2 is 1.91 bits per heavy atom. The van der Waals surface area contributed by atoms with E-state index in [1.54, 1.807) is 40.0 Å². The maximum atomic E-state index is 14.3. The molecule has 0 radical (unpaired) electrons. The molecule has 0 saturated carbocycles. The van der Waals surface area contributed by atoms with Gasteiger partial charge in [0.15, 0.2) is 0 Å². The summed E-state index contributed by atoms with van der Waals surface area (Å²) in [5.41, 5.74) is 0.542. The van der Waals surface area contributed by atoms with Crippen LogP contribution in [-0.2, 0) is 20.8 Å². The van der Waals surface area contributed by atoms with Crippen molar-refractivity contribution in [2.24, 2.45) is 5.92 Å². The number of para-hydroxylation sites is 1. The van der Waals surface area contributed by atoms with Gasteiger partial charge in [0.1, 0.15) is 23.7 Å². The third-order valence-corrected chi connectivity index (χ3v) is 5.94. The first kappa shape index (κ1) is 24.6. The summed E-state index contributed by atoms with van der Waals surface area (Å²) in [6.07, 6.45) is 1.72. The van der Waals surface area contributed by atoms with Crippen molar-refractivity contribution < 1.29 is 18.8 Å². The molecule has 0 aliphatic carbocycles. The summed E-state index contributed by atoms with van der Waals surface area (Å²) < 4.78 is 14.3. The molecule has 0 fully saturated rings. The molecule has 176 valence electrons. The summed E-state index contributed by atoms with van der Waals surface area (Å²) in [5.74, 6) is -2.03. The lowest BCUT2D eigenvalue weighted by molar-refractivity contribution is -0.130. The monoisotopic (exact) mass is 475 g/mol. The van der Waals surface area contributed by atoms with Crippen molar-refractivity contribution in [3.63, 3.8) is 0 Å². The molecule has 0 unspecified atom stereocenters. The van der Waals surface area contributed by atoms with E-state index in [-0.39, 0.29) is 29.0 Å². The van der Waals surface area contributed by atoms with Crippen LogP contribution < -0.4 is 20.9 Å². The van der Waals surface area contributed by atoms with Crippen LogP contribution >= 0.6 is 11.6 Å². The lowest BCUT2D eigenvalue weighted by Crippen LogP contribution is -2.57. The smallest absolute Gasteiger partial charge is 0.251 e. The number of likely N-dealkylation sites (N-methyl/N-ethyl adjacent to an activating group) is 1. The fourth-order valence-electron chi connectivity index (χ4n) is 3.62. The number of nitrogens with one attached hydrogen (secondary N) is 3. The van der Waals surface area contributed by atoms with E-state index in [1.807, 2.05) is 0 Å². The van der Waals surface area contributed by atoms with Crippen LogP contribution in [0.5, 0.6) is 0 Å². The standard InChI is InChI=1S/C23H27ClFN5O3/c1-12(2)18(28-21(31)13(3)26-4)23(33)30-17(11-14-7-6-10-27-20(14)30)22(32)29-19-15(24)8-5-9-16(19)25/h5-10,12-13,17-18,26H,11H2,1-4H3,(H,28,31)(H,29,32)/t13-,17-,18-/m0/s1. The molecule has 3 rings (SSSR count). The second-order valence-electron chi connectivity index (χ2n) is 8.24. The van der Waals surface area contributed by atoms with Crippen molar-refractivity contribution in [2.45, 2.75) is 45.3 Å². The van der Waals surface area contributed by atoms with E-state index in [4.69, 9.17) is 11.6 Å². The zero-order valence-electron chi connectivity index (χ0n) is 18.9. The normalized spacial score (nSPS) is 16.8. The Kier molecular flexibility index (Phi) is 7.65. The van der Waals surface area contributed by atoms with Gasteiger partial charge in [-0.15, -0.1) is 0 Å². The van der Waals surface area contributed by atoms with Gasteiger partial charge >= 0.3 is 0 Å². The number of aromatic nitrogens is 1. The SMILES string of the molecule is CN[C@@H](C)C(=O)N[C@H](C(=O)N1c2ncccc2C[C@H]1C(=O)Nc1c(F)cccc1Cl)C(C)C. The zero-order valence-corrected chi connectivity index (χ0v) is 19.6. The Bertz CT molecular complexity index is 1040. The highest BCUT2D eigenvalue weighted by Gasteiger charge is 2.43. The van der Waals surface area contributed by atoms with Gasteiger partial charge in [0.25, 0.3) is 5.91 Å². The highest BCUT2D eigenvalue weighted by Crippen LogP contribution is 2.33. The molecule has 0 spiro atoms. The van der Waals surface area contributed by atoms with E-state index in [9.17, 15) is 18.8 Å². The van der Waals surface area contributed by atoms with Gasteiger partial charge in [-0.25, -0.2) is 9.37 Å². The van der Waals surface area contributed by atoms with E-state index in [2.05, 4.69) is 20.9 Å². The Balaban J connectivity index is 1.94. The number of nitrogens with zero attached hydrogens (tertiary/aromatic N) is 2. The van der Waals surface area contributed by atoms with Crippen LogP contribution in [0, 0.1) is 11.7 Å². The van der Waals surface area contributed by atoms with Crippen LogP contribution in [0.25, 0.3) is 0 Å². The summed E-state index contributed by atoms with van der Waals surface area (Å²) in [7, 11) is 1.64. The van der Waals surface area contributed by atoms with Crippen LogP contribution in [0.15, 0.2) is 36.5 Å². The molecule has 1 aromatic carbocycles. The number of hydrogen-bond donors (Lipinski definition) is 3. The molecule has 3 atom stereocenters. The van der Waals surface area contributed by atoms with Crippen LogP contribution in [0.4, 0.5) is 15.9 Å². The van der Waals surface area contributed by atoms with Crippen molar-refractivity contribution in [3.8, 4) is 0 Å². The second kappa shape index (κ2) is 10.3. The third kappa shape index (κ3) is 5.15. The predicted molar refractivity (Wildman–Crippen MR) is 125 cm³/mol. The number of rotatable bonds is 7.